The molecule has 0 atom stereocenters. The number of hydrogen-bond acceptors (Lipinski definition) is 3. The average Bonchev–Trinajstić information content (AvgIpc) is 3.05. The Bertz CT molecular complexity index is 1830. The quantitative estimate of drug-likeness (QED) is 0.168. The summed E-state index contributed by atoms with van der Waals surface area (Å²) in [6.45, 7) is 20.3. The van der Waals surface area contributed by atoms with Gasteiger partial charge in [-0.3, -0.25) is 0 Å². The predicted molar refractivity (Wildman–Crippen MR) is 202 cm³/mol. The summed E-state index contributed by atoms with van der Waals surface area (Å²) in [5, 5.41) is 29.5. The highest BCUT2D eigenvalue weighted by molar-refractivity contribution is 5.51. The number of hydrogen-bond donors (Lipinski definition) is 3. The van der Waals surface area contributed by atoms with E-state index in [0.717, 1.165) is 59.1 Å². The topological polar surface area (TPSA) is 60.7 Å². The fourth-order valence-corrected chi connectivity index (χ4v) is 6.82. The molecule has 0 spiro atoms. The molecule has 3 nitrogen and oxygen atoms in total. The molecule has 0 amide bonds. The van der Waals surface area contributed by atoms with Crippen LogP contribution < -0.4 is 0 Å². The van der Waals surface area contributed by atoms with Crippen LogP contribution in [0.2, 0.25) is 0 Å². The van der Waals surface area contributed by atoms with Gasteiger partial charge in [0.25, 0.3) is 0 Å². The van der Waals surface area contributed by atoms with Crippen LogP contribution in [0.4, 0.5) is 0 Å². The first-order valence-corrected chi connectivity index (χ1v) is 17.2. The second kappa shape index (κ2) is 15.6. The minimum Gasteiger partial charge on any atom is -0.508 e. The molecule has 0 saturated carbocycles. The maximum absolute atomic E-state index is 9.90. The van der Waals surface area contributed by atoms with Gasteiger partial charge < -0.3 is 15.3 Å². The SMILES string of the molecule is C#Cc1ccc(C(CC)(CC)c2ccc(O)c(C)c2)cc1C.CCC(CC)(c1ccc(O)c(C)c1)c1ccc(C#CC(C)(C)O)c(C)c1. The van der Waals surface area contributed by atoms with Crippen molar-refractivity contribution in [2.45, 2.75) is 111 Å². The third kappa shape index (κ3) is 8.16. The van der Waals surface area contributed by atoms with E-state index in [-0.39, 0.29) is 10.8 Å². The minimum absolute atomic E-state index is 0.0453. The molecule has 3 N–H and O–H groups in total. The van der Waals surface area contributed by atoms with E-state index in [4.69, 9.17) is 6.42 Å². The van der Waals surface area contributed by atoms with Crippen molar-refractivity contribution in [1.29, 1.82) is 0 Å². The molecule has 252 valence electrons. The van der Waals surface area contributed by atoms with E-state index in [0.29, 0.717) is 11.5 Å². The number of phenols is 2. The molecule has 0 bridgehead atoms. The first-order valence-electron chi connectivity index (χ1n) is 17.2. The summed E-state index contributed by atoms with van der Waals surface area (Å²) in [7, 11) is 0. The Morgan fingerprint density at radius 3 is 1.17 bits per heavy atom. The molecule has 3 heteroatoms. The predicted octanol–water partition coefficient (Wildman–Crippen LogP) is 10.3. The molecule has 0 aliphatic heterocycles. The van der Waals surface area contributed by atoms with Crippen LogP contribution in [0.3, 0.4) is 0 Å². The second-order valence-electron chi connectivity index (χ2n) is 13.6. The molecule has 0 heterocycles. The lowest BCUT2D eigenvalue weighted by atomic mass is 9.70. The fourth-order valence-electron chi connectivity index (χ4n) is 6.82. The van der Waals surface area contributed by atoms with Gasteiger partial charge in [-0.25, -0.2) is 0 Å². The molecule has 4 rings (SSSR count). The Hall–Kier alpha value is -4.44. The summed E-state index contributed by atoms with van der Waals surface area (Å²) in [4.78, 5) is 0. The van der Waals surface area contributed by atoms with Crippen molar-refractivity contribution >= 4 is 0 Å². The Kier molecular flexibility index (Phi) is 12.4. The number of terminal acetylenes is 1. The summed E-state index contributed by atoms with van der Waals surface area (Å²) in [5.41, 5.74) is 9.87. The number of aryl methyl sites for hydroxylation is 4. The minimum atomic E-state index is -0.995. The van der Waals surface area contributed by atoms with Gasteiger partial charge in [0.15, 0.2) is 0 Å². The van der Waals surface area contributed by atoms with Crippen molar-refractivity contribution < 1.29 is 15.3 Å². The van der Waals surface area contributed by atoms with E-state index < -0.39 is 5.60 Å². The highest BCUT2D eigenvalue weighted by Gasteiger charge is 2.32. The molecule has 0 saturated heterocycles. The number of aliphatic hydroxyl groups is 1. The maximum Gasteiger partial charge on any atom is 0.120 e. The summed E-state index contributed by atoms with van der Waals surface area (Å²) in [6.07, 6.45) is 9.50. The van der Waals surface area contributed by atoms with Crippen LogP contribution in [0.5, 0.6) is 11.5 Å². The molecule has 0 radical (unpaired) electrons. The van der Waals surface area contributed by atoms with Gasteiger partial charge in [-0.05, 0) is 136 Å². The van der Waals surface area contributed by atoms with Crippen LogP contribution in [0.15, 0.2) is 72.8 Å². The lowest BCUT2D eigenvalue weighted by Crippen LogP contribution is -2.26. The molecule has 4 aromatic carbocycles. The number of benzene rings is 4. The largest absolute Gasteiger partial charge is 0.508 e. The van der Waals surface area contributed by atoms with Gasteiger partial charge in [-0.15, -0.1) is 6.42 Å². The van der Waals surface area contributed by atoms with Crippen molar-refractivity contribution in [2.75, 3.05) is 0 Å². The fraction of sp³-hybridized carbons (Fsp3) is 0.378. The summed E-state index contributed by atoms with van der Waals surface area (Å²) in [6, 6.07) is 24.7. The van der Waals surface area contributed by atoms with Gasteiger partial charge in [-0.1, -0.05) is 94.0 Å². The molecule has 48 heavy (non-hydrogen) atoms. The Morgan fingerprint density at radius 2 is 0.875 bits per heavy atom. The number of rotatable bonds is 8. The van der Waals surface area contributed by atoms with Crippen molar-refractivity contribution in [3.05, 3.63) is 128 Å². The van der Waals surface area contributed by atoms with E-state index >= 15 is 0 Å². The zero-order chi connectivity index (χ0) is 35.9. The van der Waals surface area contributed by atoms with Gasteiger partial charge >= 0.3 is 0 Å². The zero-order valence-electron chi connectivity index (χ0n) is 30.7. The lowest BCUT2D eigenvalue weighted by Gasteiger charge is -2.34. The summed E-state index contributed by atoms with van der Waals surface area (Å²) in [5.74, 6) is 9.40. The molecule has 4 aromatic rings. The number of aromatic hydroxyl groups is 2. The first-order chi connectivity index (χ1) is 22.6. The average molecular weight is 643 g/mol. The van der Waals surface area contributed by atoms with Crippen LogP contribution in [0.1, 0.15) is 123 Å². The molecule has 0 aromatic heterocycles. The van der Waals surface area contributed by atoms with Gasteiger partial charge in [0, 0.05) is 22.0 Å². The Labute approximate surface area is 290 Å². The van der Waals surface area contributed by atoms with E-state index in [2.05, 4.69) is 102 Å². The highest BCUT2D eigenvalue weighted by Crippen LogP contribution is 2.42. The second-order valence-corrected chi connectivity index (χ2v) is 13.6. The smallest absolute Gasteiger partial charge is 0.120 e. The summed E-state index contributed by atoms with van der Waals surface area (Å²) >= 11 is 0. The Balaban J connectivity index is 0.000000264. The molecular weight excluding hydrogens is 588 g/mol. The van der Waals surface area contributed by atoms with Crippen molar-refractivity contribution in [3.8, 4) is 35.7 Å². The van der Waals surface area contributed by atoms with Crippen LogP contribution >= 0.6 is 0 Å². The first kappa shape index (κ1) is 38.0. The monoisotopic (exact) mass is 642 g/mol. The highest BCUT2D eigenvalue weighted by atomic mass is 16.3. The van der Waals surface area contributed by atoms with Crippen molar-refractivity contribution in [2.24, 2.45) is 0 Å². The molecule has 0 fully saturated rings. The van der Waals surface area contributed by atoms with Crippen LogP contribution in [0.25, 0.3) is 0 Å². The van der Waals surface area contributed by atoms with Gasteiger partial charge in [0.2, 0.25) is 0 Å². The van der Waals surface area contributed by atoms with Gasteiger partial charge in [0.1, 0.15) is 17.1 Å². The normalized spacial score (nSPS) is 11.5. The van der Waals surface area contributed by atoms with E-state index in [1.807, 2.05) is 32.0 Å². The molecule has 0 unspecified atom stereocenters. The third-order valence-electron chi connectivity index (χ3n) is 10.1. The molecular formula is C45H54O3. The zero-order valence-corrected chi connectivity index (χ0v) is 30.7. The molecule has 0 aliphatic rings. The molecule has 0 aliphatic carbocycles. The van der Waals surface area contributed by atoms with Crippen molar-refractivity contribution in [1.82, 2.24) is 0 Å². The Morgan fingerprint density at radius 1 is 0.542 bits per heavy atom. The standard InChI is InChI=1S/C24H30O2.C21H24O/c1-7-24(8-2,21-11-12-22(25)18(4)16-21)20-10-9-19(17(3)15-20)13-14-23(5,6)26;1-6-17-9-10-18(13-15(17)4)21(7-2,8-3)19-11-12-20(22)16(5)14-19/h9-12,15-16,25-26H,7-8H2,1-6H3;1,9-14,22H,7-8H2,2-5H3. The lowest BCUT2D eigenvalue weighted by molar-refractivity contribution is 0.143. The van der Waals surface area contributed by atoms with Crippen LogP contribution in [-0.2, 0) is 10.8 Å². The van der Waals surface area contributed by atoms with E-state index in [9.17, 15) is 15.3 Å². The third-order valence-corrected chi connectivity index (χ3v) is 10.1. The number of phenolic OH excluding ortho intramolecular Hbond substituents is 2. The van der Waals surface area contributed by atoms with Crippen LogP contribution in [-0.4, -0.2) is 20.9 Å². The van der Waals surface area contributed by atoms with E-state index in [1.165, 1.54) is 22.3 Å². The maximum atomic E-state index is 9.90. The van der Waals surface area contributed by atoms with Crippen LogP contribution in [0, 0.1) is 51.9 Å². The van der Waals surface area contributed by atoms with Crippen molar-refractivity contribution in [3.63, 3.8) is 0 Å². The van der Waals surface area contributed by atoms with Gasteiger partial charge in [0.05, 0.1) is 0 Å². The van der Waals surface area contributed by atoms with E-state index in [1.54, 1.807) is 26.0 Å². The van der Waals surface area contributed by atoms with Gasteiger partial charge in [-0.2, -0.15) is 0 Å². The summed E-state index contributed by atoms with van der Waals surface area (Å²) < 4.78 is 0.